The Morgan fingerprint density at radius 2 is 1.95 bits per heavy atom. The van der Waals surface area contributed by atoms with Gasteiger partial charge in [-0.25, -0.2) is 0 Å². The van der Waals surface area contributed by atoms with Crippen LogP contribution < -0.4 is 4.74 Å². The molecule has 0 bridgehead atoms. The van der Waals surface area contributed by atoms with E-state index in [-0.39, 0.29) is 0 Å². The molecule has 21 heavy (non-hydrogen) atoms. The number of hydrogen-bond acceptors (Lipinski definition) is 2. The fraction of sp³-hybridized carbons (Fsp3) is 0.611. The van der Waals surface area contributed by atoms with E-state index in [1.54, 1.807) is 0 Å². The molecule has 118 valence electrons. The molecule has 0 spiro atoms. The predicted octanol–water partition coefficient (Wildman–Crippen LogP) is 4.86. The minimum absolute atomic E-state index is 0.480. The van der Waals surface area contributed by atoms with Crippen molar-refractivity contribution in [3.05, 3.63) is 29.8 Å². The first-order chi connectivity index (χ1) is 9.95. The quantitative estimate of drug-likeness (QED) is 0.661. The average molecular weight is 292 g/mol. The molecule has 0 atom stereocenters. The number of carboxylic acid groups (broad SMARTS) is 1. The van der Waals surface area contributed by atoms with E-state index in [0.717, 1.165) is 12.2 Å². The van der Waals surface area contributed by atoms with E-state index in [2.05, 4.69) is 26.0 Å². The summed E-state index contributed by atoms with van der Waals surface area (Å²) >= 11 is 0. The largest absolute Gasteiger partial charge is 0.494 e. The summed E-state index contributed by atoms with van der Waals surface area (Å²) in [6.45, 7) is 8.78. The van der Waals surface area contributed by atoms with E-state index >= 15 is 0 Å². The fourth-order valence-corrected chi connectivity index (χ4v) is 2.58. The van der Waals surface area contributed by atoms with Gasteiger partial charge in [0.05, 0.1) is 12.0 Å². The molecule has 3 heteroatoms. The van der Waals surface area contributed by atoms with Gasteiger partial charge in [-0.2, -0.15) is 0 Å². The van der Waals surface area contributed by atoms with Gasteiger partial charge in [0.1, 0.15) is 5.75 Å². The van der Waals surface area contributed by atoms with Crippen LogP contribution in [0.4, 0.5) is 0 Å². The van der Waals surface area contributed by atoms with Gasteiger partial charge in [0.25, 0.3) is 0 Å². The molecule has 0 fully saturated rings. The maximum atomic E-state index is 11.4. The molecule has 0 aromatic heterocycles. The molecule has 3 nitrogen and oxygen atoms in total. The van der Waals surface area contributed by atoms with E-state index in [4.69, 9.17) is 4.74 Å². The summed E-state index contributed by atoms with van der Waals surface area (Å²) in [4.78, 5) is 11.4. The first-order valence-electron chi connectivity index (χ1n) is 7.91. The first kappa shape index (κ1) is 17.5. The molecule has 0 heterocycles. The molecule has 0 saturated heterocycles. The number of rotatable bonds is 9. The van der Waals surface area contributed by atoms with Crippen LogP contribution in [0.2, 0.25) is 0 Å². The van der Waals surface area contributed by atoms with Crippen molar-refractivity contribution < 1.29 is 14.6 Å². The van der Waals surface area contributed by atoms with Crippen molar-refractivity contribution in [1.29, 1.82) is 0 Å². The zero-order valence-corrected chi connectivity index (χ0v) is 13.7. The van der Waals surface area contributed by atoms with Crippen molar-refractivity contribution in [3.63, 3.8) is 0 Å². The Kier molecular flexibility index (Phi) is 6.73. The molecule has 0 radical (unpaired) electrons. The number of carbonyl (C=O) groups is 1. The van der Waals surface area contributed by atoms with Gasteiger partial charge in [0.15, 0.2) is 0 Å². The lowest BCUT2D eigenvalue weighted by Crippen LogP contribution is -2.30. The third kappa shape index (κ3) is 4.76. The zero-order chi connectivity index (χ0) is 15.9. The SMILES string of the molecule is CCC(CC)(CCCOc1cccc(C(C)C)c1)C(=O)O. The molecule has 0 unspecified atom stereocenters. The van der Waals surface area contributed by atoms with Crippen molar-refractivity contribution >= 4 is 5.97 Å². The van der Waals surface area contributed by atoms with E-state index in [0.29, 0.717) is 31.8 Å². The van der Waals surface area contributed by atoms with Gasteiger partial charge >= 0.3 is 5.97 Å². The van der Waals surface area contributed by atoms with Crippen LogP contribution in [0.25, 0.3) is 0 Å². The lowest BCUT2D eigenvalue weighted by Gasteiger charge is -2.26. The molecule has 1 rings (SSSR count). The van der Waals surface area contributed by atoms with Gasteiger partial charge in [-0.15, -0.1) is 0 Å². The van der Waals surface area contributed by atoms with E-state index < -0.39 is 11.4 Å². The van der Waals surface area contributed by atoms with Crippen LogP contribution >= 0.6 is 0 Å². The van der Waals surface area contributed by atoms with Gasteiger partial charge in [-0.3, -0.25) is 4.79 Å². The topological polar surface area (TPSA) is 46.5 Å². The summed E-state index contributed by atoms with van der Waals surface area (Å²) in [5, 5.41) is 9.40. The Hall–Kier alpha value is -1.51. The maximum Gasteiger partial charge on any atom is 0.309 e. The number of benzene rings is 1. The minimum atomic E-state index is -0.686. The van der Waals surface area contributed by atoms with Gasteiger partial charge in [-0.1, -0.05) is 39.8 Å². The second-order valence-electron chi connectivity index (χ2n) is 5.97. The molecular formula is C18H28O3. The zero-order valence-electron chi connectivity index (χ0n) is 13.7. The second kappa shape index (κ2) is 8.06. The summed E-state index contributed by atoms with van der Waals surface area (Å²) in [6.07, 6.45) is 2.77. The Morgan fingerprint density at radius 3 is 2.48 bits per heavy atom. The van der Waals surface area contributed by atoms with E-state index in [9.17, 15) is 9.90 Å². The van der Waals surface area contributed by atoms with Crippen molar-refractivity contribution in [2.45, 2.75) is 59.3 Å². The Balaban J connectivity index is 2.50. The molecule has 1 N–H and O–H groups in total. The van der Waals surface area contributed by atoms with Crippen LogP contribution in [-0.4, -0.2) is 17.7 Å². The molecular weight excluding hydrogens is 264 g/mol. The van der Waals surface area contributed by atoms with Crippen molar-refractivity contribution in [1.82, 2.24) is 0 Å². The second-order valence-corrected chi connectivity index (χ2v) is 5.97. The minimum Gasteiger partial charge on any atom is -0.494 e. The molecule has 0 saturated carbocycles. The number of carboxylic acids is 1. The van der Waals surface area contributed by atoms with E-state index in [1.165, 1.54) is 5.56 Å². The molecule has 1 aromatic carbocycles. The summed E-state index contributed by atoms with van der Waals surface area (Å²) in [7, 11) is 0. The van der Waals surface area contributed by atoms with Gasteiger partial charge in [0, 0.05) is 0 Å². The summed E-state index contributed by atoms with van der Waals surface area (Å²) in [5.41, 5.74) is 0.665. The van der Waals surface area contributed by atoms with Crippen LogP contribution in [-0.2, 0) is 4.79 Å². The van der Waals surface area contributed by atoms with Gasteiger partial charge in [0.2, 0.25) is 0 Å². The smallest absolute Gasteiger partial charge is 0.309 e. The summed E-state index contributed by atoms with van der Waals surface area (Å²) in [5.74, 6) is 0.665. The number of aliphatic carboxylic acids is 1. The number of ether oxygens (including phenoxy) is 1. The van der Waals surface area contributed by atoms with Crippen LogP contribution in [0.15, 0.2) is 24.3 Å². The molecule has 1 aromatic rings. The van der Waals surface area contributed by atoms with Gasteiger partial charge < -0.3 is 9.84 Å². The third-order valence-electron chi connectivity index (χ3n) is 4.40. The monoisotopic (exact) mass is 292 g/mol. The lowest BCUT2D eigenvalue weighted by atomic mass is 9.78. The standard InChI is InChI=1S/C18H28O3/c1-5-18(6-2,17(19)20)11-8-12-21-16-10-7-9-15(13-16)14(3)4/h7,9-10,13-14H,5-6,8,11-12H2,1-4H3,(H,19,20). The molecule has 0 amide bonds. The molecule has 0 aliphatic heterocycles. The lowest BCUT2D eigenvalue weighted by molar-refractivity contribution is -0.150. The van der Waals surface area contributed by atoms with Gasteiger partial charge in [-0.05, 0) is 49.3 Å². The number of hydrogen-bond donors (Lipinski definition) is 1. The van der Waals surface area contributed by atoms with Crippen molar-refractivity contribution in [2.24, 2.45) is 5.41 Å². The highest BCUT2D eigenvalue weighted by Crippen LogP contribution is 2.32. The predicted molar refractivity (Wildman–Crippen MR) is 85.9 cm³/mol. The Morgan fingerprint density at radius 1 is 1.29 bits per heavy atom. The van der Waals surface area contributed by atoms with Crippen LogP contribution in [0.1, 0.15) is 64.9 Å². The van der Waals surface area contributed by atoms with Crippen molar-refractivity contribution in [2.75, 3.05) is 6.61 Å². The third-order valence-corrected chi connectivity index (χ3v) is 4.40. The van der Waals surface area contributed by atoms with Crippen LogP contribution in [0.5, 0.6) is 5.75 Å². The Bertz CT molecular complexity index is 448. The fourth-order valence-electron chi connectivity index (χ4n) is 2.58. The van der Waals surface area contributed by atoms with Crippen molar-refractivity contribution in [3.8, 4) is 5.75 Å². The van der Waals surface area contributed by atoms with Crippen LogP contribution in [0.3, 0.4) is 0 Å². The maximum absolute atomic E-state index is 11.4. The first-order valence-corrected chi connectivity index (χ1v) is 7.91. The molecule has 0 aliphatic carbocycles. The summed E-state index contributed by atoms with van der Waals surface area (Å²) in [6, 6.07) is 8.12. The Labute approximate surface area is 128 Å². The average Bonchev–Trinajstić information content (AvgIpc) is 2.48. The van der Waals surface area contributed by atoms with Crippen LogP contribution in [0, 0.1) is 5.41 Å². The highest BCUT2D eigenvalue weighted by molar-refractivity contribution is 5.74. The molecule has 0 aliphatic rings. The van der Waals surface area contributed by atoms with E-state index in [1.807, 2.05) is 26.0 Å². The highest BCUT2D eigenvalue weighted by atomic mass is 16.5. The normalized spacial score (nSPS) is 11.7. The highest BCUT2D eigenvalue weighted by Gasteiger charge is 2.33. The summed E-state index contributed by atoms with van der Waals surface area (Å²) < 4.78 is 5.77.